The smallest absolute Gasteiger partial charge is 0.326 e. The summed E-state index contributed by atoms with van der Waals surface area (Å²) in [6.45, 7) is 4.53. The van der Waals surface area contributed by atoms with Gasteiger partial charge >= 0.3 is 5.97 Å². The third-order valence-electron chi connectivity index (χ3n) is 3.83. The molecule has 1 fully saturated rings. The number of piperidine rings is 1. The summed E-state index contributed by atoms with van der Waals surface area (Å²) in [5.41, 5.74) is 1.69. The lowest BCUT2D eigenvalue weighted by Gasteiger charge is -2.36. The summed E-state index contributed by atoms with van der Waals surface area (Å²) < 4.78 is 1.02. The van der Waals surface area contributed by atoms with Gasteiger partial charge in [0.15, 0.2) is 0 Å². The lowest BCUT2D eigenvalue weighted by atomic mass is 9.92. The van der Waals surface area contributed by atoms with Gasteiger partial charge in [0.25, 0.3) is 5.91 Å². The van der Waals surface area contributed by atoms with Crippen molar-refractivity contribution in [1.82, 2.24) is 4.90 Å². The number of aliphatic carboxylic acids is 1. The number of likely N-dealkylation sites (tertiary alicyclic amines) is 1. The monoisotopic (exact) mass is 387 g/mol. The highest BCUT2D eigenvalue weighted by atomic mass is 127. The Morgan fingerprint density at radius 1 is 1.40 bits per heavy atom. The maximum atomic E-state index is 12.5. The molecule has 1 aliphatic heterocycles. The number of hydrogen-bond acceptors (Lipinski definition) is 2. The first-order valence-electron chi connectivity index (χ1n) is 6.70. The van der Waals surface area contributed by atoms with Crippen LogP contribution in [0, 0.1) is 16.4 Å². The number of carbonyl (C=O) groups is 2. The number of halogens is 1. The van der Waals surface area contributed by atoms with Crippen LogP contribution in [0.15, 0.2) is 18.2 Å². The highest BCUT2D eigenvalue weighted by molar-refractivity contribution is 14.1. The molecule has 20 heavy (non-hydrogen) atoms. The summed E-state index contributed by atoms with van der Waals surface area (Å²) in [4.78, 5) is 25.4. The van der Waals surface area contributed by atoms with E-state index in [9.17, 15) is 14.7 Å². The molecule has 1 aromatic rings. The number of benzene rings is 1. The van der Waals surface area contributed by atoms with Crippen LogP contribution in [0.4, 0.5) is 0 Å². The summed E-state index contributed by atoms with van der Waals surface area (Å²) in [6, 6.07) is 4.80. The summed E-state index contributed by atoms with van der Waals surface area (Å²) in [6.07, 6.45) is 1.39. The quantitative estimate of drug-likeness (QED) is 0.794. The number of hydrogen-bond donors (Lipinski definition) is 1. The van der Waals surface area contributed by atoms with E-state index in [-0.39, 0.29) is 5.91 Å². The number of carbonyl (C=O) groups excluding carboxylic acids is 1. The first-order valence-corrected chi connectivity index (χ1v) is 7.78. The van der Waals surface area contributed by atoms with Crippen molar-refractivity contribution in [2.45, 2.75) is 32.7 Å². The molecule has 1 amide bonds. The molecule has 2 unspecified atom stereocenters. The van der Waals surface area contributed by atoms with Crippen molar-refractivity contribution in [2.24, 2.45) is 5.92 Å². The second-order valence-electron chi connectivity index (χ2n) is 5.45. The number of amides is 1. The predicted molar refractivity (Wildman–Crippen MR) is 84.8 cm³/mol. The van der Waals surface area contributed by atoms with E-state index in [1.807, 2.05) is 26.0 Å². The Morgan fingerprint density at radius 3 is 2.70 bits per heavy atom. The third-order valence-corrected chi connectivity index (χ3v) is 4.99. The number of aryl methyl sites for hydroxylation is 1. The van der Waals surface area contributed by atoms with Gasteiger partial charge in [0.05, 0.1) is 0 Å². The Kier molecular flexibility index (Phi) is 4.67. The van der Waals surface area contributed by atoms with Crippen molar-refractivity contribution < 1.29 is 14.7 Å². The zero-order valence-corrected chi connectivity index (χ0v) is 13.8. The van der Waals surface area contributed by atoms with E-state index in [0.29, 0.717) is 24.4 Å². The SMILES string of the molecule is Cc1ccc(C(=O)N2CCC(C)CC2C(=O)O)cc1I. The Labute approximate surface area is 132 Å². The highest BCUT2D eigenvalue weighted by Gasteiger charge is 2.35. The van der Waals surface area contributed by atoms with E-state index in [4.69, 9.17) is 0 Å². The summed E-state index contributed by atoms with van der Waals surface area (Å²) >= 11 is 2.19. The molecule has 1 aliphatic rings. The van der Waals surface area contributed by atoms with Crippen LogP contribution in [0.1, 0.15) is 35.7 Å². The highest BCUT2D eigenvalue weighted by Crippen LogP contribution is 2.25. The molecule has 0 bridgehead atoms. The largest absolute Gasteiger partial charge is 0.480 e. The van der Waals surface area contributed by atoms with Gasteiger partial charge in [-0.3, -0.25) is 4.79 Å². The average Bonchev–Trinajstić information content (AvgIpc) is 2.41. The molecule has 5 heteroatoms. The minimum Gasteiger partial charge on any atom is -0.480 e. The maximum absolute atomic E-state index is 12.5. The molecule has 0 saturated carbocycles. The molecular formula is C15H18INO3. The number of carboxylic acids is 1. The average molecular weight is 387 g/mol. The van der Waals surface area contributed by atoms with Gasteiger partial charge in [-0.1, -0.05) is 13.0 Å². The molecule has 0 aliphatic carbocycles. The van der Waals surface area contributed by atoms with Crippen molar-refractivity contribution in [2.75, 3.05) is 6.54 Å². The lowest BCUT2D eigenvalue weighted by Crippen LogP contribution is -2.49. The Morgan fingerprint density at radius 2 is 2.10 bits per heavy atom. The fourth-order valence-corrected chi connectivity index (χ4v) is 3.03. The van der Waals surface area contributed by atoms with Crippen LogP contribution in [0.2, 0.25) is 0 Å². The second kappa shape index (κ2) is 6.11. The minimum atomic E-state index is -0.910. The van der Waals surface area contributed by atoms with Gasteiger partial charge < -0.3 is 10.0 Å². The van der Waals surface area contributed by atoms with Gasteiger partial charge in [-0.2, -0.15) is 0 Å². The van der Waals surface area contributed by atoms with E-state index in [0.717, 1.165) is 15.6 Å². The molecule has 2 rings (SSSR count). The van der Waals surface area contributed by atoms with Crippen molar-refractivity contribution in [1.29, 1.82) is 0 Å². The van der Waals surface area contributed by atoms with E-state index >= 15 is 0 Å². The Bertz CT molecular complexity index is 544. The molecule has 1 aromatic carbocycles. The van der Waals surface area contributed by atoms with Crippen molar-refractivity contribution in [3.05, 3.63) is 32.9 Å². The summed E-state index contributed by atoms with van der Waals surface area (Å²) in [7, 11) is 0. The number of nitrogens with zero attached hydrogens (tertiary/aromatic N) is 1. The number of carboxylic acid groups (broad SMARTS) is 1. The molecule has 2 atom stereocenters. The van der Waals surface area contributed by atoms with Gasteiger partial charge in [0.1, 0.15) is 6.04 Å². The molecule has 1 saturated heterocycles. The lowest BCUT2D eigenvalue weighted by molar-refractivity contribution is -0.144. The molecule has 0 spiro atoms. The topological polar surface area (TPSA) is 57.6 Å². The molecule has 4 nitrogen and oxygen atoms in total. The van der Waals surface area contributed by atoms with Gasteiger partial charge in [-0.15, -0.1) is 0 Å². The standard InChI is InChI=1S/C15H18INO3/c1-9-5-6-17(13(7-9)15(19)20)14(18)11-4-3-10(2)12(16)8-11/h3-4,8-9,13H,5-7H2,1-2H3,(H,19,20). The van der Waals surface area contributed by atoms with Gasteiger partial charge in [0.2, 0.25) is 0 Å². The minimum absolute atomic E-state index is 0.179. The zero-order valence-electron chi connectivity index (χ0n) is 11.6. The van der Waals surface area contributed by atoms with Crippen molar-refractivity contribution in [3.8, 4) is 0 Å². The van der Waals surface area contributed by atoms with Crippen LogP contribution >= 0.6 is 22.6 Å². The van der Waals surface area contributed by atoms with Gasteiger partial charge in [0, 0.05) is 15.7 Å². The van der Waals surface area contributed by atoms with Gasteiger partial charge in [-0.05, 0) is 66.0 Å². The normalized spacial score (nSPS) is 22.6. The zero-order chi connectivity index (χ0) is 14.9. The van der Waals surface area contributed by atoms with E-state index in [2.05, 4.69) is 22.6 Å². The van der Waals surface area contributed by atoms with Crippen LogP contribution in [0.3, 0.4) is 0 Å². The fraction of sp³-hybridized carbons (Fsp3) is 0.467. The van der Waals surface area contributed by atoms with E-state index in [1.54, 1.807) is 6.07 Å². The van der Waals surface area contributed by atoms with E-state index < -0.39 is 12.0 Å². The third kappa shape index (κ3) is 3.13. The predicted octanol–water partition coefficient (Wildman–Crippen LogP) is 2.92. The van der Waals surface area contributed by atoms with Gasteiger partial charge in [-0.25, -0.2) is 4.79 Å². The second-order valence-corrected chi connectivity index (χ2v) is 6.61. The summed E-state index contributed by atoms with van der Waals surface area (Å²) in [5.74, 6) is -0.743. The number of rotatable bonds is 2. The van der Waals surface area contributed by atoms with Crippen LogP contribution in [-0.4, -0.2) is 34.5 Å². The van der Waals surface area contributed by atoms with E-state index in [1.165, 1.54) is 4.90 Å². The Hall–Kier alpha value is -1.11. The van der Waals surface area contributed by atoms with Crippen molar-refractivity contribution in [3.63, 3.8) is 0 Å². The fourth-order valence-electron chi connectivity index (χ4n) is 2.51. The van der Waals surface area contributed by atoms with Crippen LogP contribution in [0.25, 0.3) is 0 Å². The molecule has 1 heterocycles. The maximum Gasteiger partial charge on any atom is 0.326 e. The van der Waals surface area contributed by atoms with Crippen molar-refractivity contribution >= 4 is 34.5 Å². The van der Waals surface area contributed by atoms with Crippen LogP contribution in [0.5, 0.6) is 0 Å². The molecule has 0 aromatic heterocycles. The summed E-state index contributed by atoms with van der Waals surface area (Å²) in [5, 5.41) is 9.33. The molecule has 0 radical (unpaired) electrons. The van der Waals surface area contributed by atoms with Crippen LogP contribution in [-0.2, 0) is 4.79 Å². The first kappa shape index (κ1) is 15.3. The van der Waals surface area contributed by atoms with Crippen LogP contribution < -0.4 is 0 Å². The molecular weight excluding hydrogens is 369 g/mol. The molecule has 1 N–H and O–H groups in total. The Balaban J connectivity index is 2.26. The first-order chi connectivity index (χ1) is 9.40. The molecule has 108 valence electrons.